The SMILES string of the molecule is COc1ccc(C[C@@H]2c3c(cc(OC)c(OC)c3Oc3cc4c(cc3OC)CCN(C)[C@H]4CC3=CCC#CC=C3)CCN2C)cc1O. The summed E-state index contributed by atoms with van der Waals surface area (Å²) in [5.41, 5.74) is 6.93. The van der Waals surface area contributed by atoms with Crippen LogP contribution in [0.1, 0.15) is 52.7 Å². The predicted molar refractivity (Wildman–Crippen MR) is 183 cm³/mol. The van der Waals surface area contributed by atoms with E-state index in [-0.39, 0.29) is 17.8 Å². The van der Waals surface area contributed by atoms with Gasteiger partial charge >= 0.3 is 0 Å². The van der Waals surface area contributed by atoms with Crippen molar-refractivity contribution in [3.8, 4) is 52.1 Å². The molecule has 0 aromatic heterocycles. The predicted octanol–water partition coefficient (Wildman–Crippen LogP) is 6.80. The first-order valence-electron chi connectivity index (χ1n) is 16.1. The fourth-order valence-electron chi connectivity index (χ4n) is 7.06. The number of phenolic OH excluding ortho intramolecular Hbond substituents is 1. The number of hydrogen-bond acceptors (Lipinski definition) is 8. The van der Waals surface area contributed by atoms with Gasteiger partial charge in [0.25, 0.3) is 0 Å². The lowest BCUT2D eigenvalue weighted by Crippen LogP contribution is -2.34. The van der Waals surface area contributed by atoms with E-state index in [0.717, 1.165) is 55.5 Å². The van der Waals surface area contributed by atoms with Crippen LogP contribution in [0.2, 0.25) is 0 Å². The first kappa shape index (κ1) is 32.4. The van der Waals surface area contributed by atoms with Crippen LogP contribution in [-0.4, -0.2) is 70.5 Å². The second kappa shape index (κ2) is 14.0. The lowest BCUT2D eigenvalue weighted by atomic mass is 9.87. The van der Waals surface area contributed by atoms with Gasteiger partial charge in [0.15, 0.2) is 34.5 Å². The standard InChI is InChI=1S/C39H44N2O6/c1-40-17-15-27-22-34(44-4)35(24-29(27)30(40)19-25-11-9-7-8-10-12-25)47-39-37-28(23-36(45-5)38(39)46-6)16-18-41(2)31(37)20-26-13-14-33(43-3)32(42)21-26/h9,11-14,21-24,30-31,42H,10,15-20H2,1-6H3/t30-,31+/m0/s1. The van der Waals surface area contributed by atoms with Crippen molar-refractivity contribution in [2.45, 2.75) is 44.2 Å². The molecule has 0 saturated heterocycles. The van der Waals surface area contributed by atoms with Gasteiger partial charge in [-0.05, 0) is 104 Å². The van der Waals surface area contributed by atoms with E-state index in [0.29, 0.717) is 40.9 Å². The lowest BCUT2D eigenvalue weighted by molar-refractivity contribution is 0.220. The average molecular weight is 637 g/mol. The van der Waals surface area contributed by atoms with Crippen molar-refractivity contribution in [1.82, 2.24) is 9.80 Å². The van der Waals surface area contributed by atoms with E-state index in [1.807, 2.05) is 12.1 Å². The van der Waals surface area contributed by atoms with Crippen molar-refractivity contribution in [3.05, 3.63) is 88.0 Å². The monoisotopic (exact) mass is 636 g/mol. The van der Waals surface area contributed by atoms with Crippen LogP contribution in [0.25, 0.3) is 0 Å². The van der Waals surface area contributed by atoms with Gasteiger partial charge in [0, 0.05) is 37.2 Å². The van der Waals surface area contributed by atoms with Gasteiger partial charge in [-0.1, -0.05) is 30.1 Å². The quantitative estimate of drug-likeness (QED) is 0.244. The molecule has 3 aliphatic rings. The van der Waals surface area contributed by atoms with Gasteiger partial charge in [0.2, 0.25) is 5.75 Å². The Kier molecular flexibility index (Phi) is 9.67. The summed E-state index contributed by atoms with van der Waals surface area (Å²) in [7, 11) is 10.9. The zero-order valence-electron chi connectivity index (χ0n) is 28.2. The second-order valence-electron chi connectivity index (χ2n) is 12.4. The van der Waals surface area contributed by atoms with E-state index >= 15 is 0 Å². The first-order chi connectivity index (χ1) is 22.8. The van der Waals surface area contributed by atoms with Crippen LogP contribution in [0.15, 0.2) is 60.2 Å². The largest absolute Gasteiger partial charge is 0.504 e. The molecule has 1 aliphatic carbocycles. The number of phenols is 1. The number of allylic oxidation sites excluding steroid dienone is 3. The van der Waals surface area contributed by atoms with Gasteiger partial charge in [0.05, 0.1) is 28.4 Å². The van der Waals surface area contributed by atoms with Crippen molar-refractivity contribution in [2.24, 2.45) is 0 Å². The Morgan fingerprint density at radius 3 is 2.21 bits per heavy atom. The Bertz CT molecular complexity index is 1770. The summed E-state index contributed by atoms with van der Waals surface area (Å²) >= 11 is 0. The molecule has 3 aromatic carbocycles. The van der Waals surface area contributed by atoms with Crippen molar-refractivity contribution in [3.63, 3.8) is 0 Å². The molecule has 2 heterocycles. The molecule has 0 unspecified atom stereocenters. The molecular weight excluding hydrogens is 592 g/mol. The highest BCUT2D eigenvalue weighted by molar-refractivity contribution is 5.63. The van der Waals surface area contributed by atoms with E-state index in [1.54, 1.807) is 40.6 Å². The van der Waals surface area contributed by atoms with Gasteiger partial charge in [-0.15, -0.1) is 0 Å². The number of rotatable bonds is 10. The zero-order valence-corrected chi connectivity index (χ0v) is 28.2. The molecule has 2 atom stereocenters. The molecule has 6 rings (SSSR count). The third kappa shape index (κ3) is 6.51. The molecule has 1 N–H and O–H groups in total. The highest BCUT2D eigenvalue weighted by Crippen LogP contribution is 2.52. The summed E-state index contributed by atoms with van der Waals surface area (Å²) in [5.74, 6) is 9.90. The maximum atomic E-state index is 10.6. The molecule has 0 fully saturated rings. The Morgan fingerprint density at radius 2 is 1.49 bits per heavy atom. The maximum absolute atomic E-state index is 10.6. The number of likely N-dealkylation sites (N-methyl/N-ethyl adjacent to an activating group) is 2. The van der Waals surface area contributed by atoms with E-state index in [2.05, 4.69) is 66.1 Å². The maximum Gasteiger partial charge on any atom is 0.204 e. The Balaban J connectivity index is 1.45. The molecule has 0 amide bonds. The summed E-state index contributed by atoms with van der Waals surface area (Å²) < 4.78 is 30.1. The third-order valence-electron chi connectivity index (χ3n) is 9.66. The zero-order chi connectivity index (χ0) is 33.1. The summed E-state index contributed by atoms with van der Waals surface area (Å²) in [5, 5.41) is 10.6. The van der Waals surface area contributed by atoms with Crippen LogP contribution in [0, 0.1) is 11.8 Å². The highest BCUT2D eigenvalue weighted by atomic mass is 16.5. The topological polar surface area (TPSA) is 72.9 Å². The molecule has 47 heavy (non-hydrogen) atoms. The Labute approximate surface area is 278 Å². The molecule has 3 aromatic rings. The van der Waals surface area contributed by atoms with E-state index < -0.39 is 0 Å². The third-order valence-corrected chi connectivity index (χ3v) is 9.66. The van der Waals surface area contributed by atoms with Crippen LogP contribution >= 0.6 is 0 Å². The van der Waals surface area contributed by atoms with Crippen LogP contribution in [0.4, 0.5) is 0 Å². The fraction of sp³-hybridized carbons (Fsp3) is 0.385. The number of benzene rings is 3. The number of hydrogen-bond donors (Lipinski definition) is 1. The summed E-state index contributed by atoms with van der Waals surface area (Å²) in [6, 6.07) is 12.0. The first-order valence-corrected chi connectivity index (χ1v) is 16.1. The number of aromatic hydroxyl groups is 1. The number of fused-ring (bicyclic) bond motifs is 2. The summed E-state index contributed by atoms with van der Waals surface area (Å²) in [6.45, 7) is 1.82. The minimum absolute atomic E-state index is 0.0555. The van der Waals surface area contributed by atoms with Gasteiger partial charge < -0.3 is 28.8 Å². The minimum atomic E-state index is -0.0555. The van der Waals surface area contributed by atoms with E-state index in [9.17, 15) is 5.11 Å². The molecule has 8 heteroatoms. The normalized spacial score (nSPS) is 19.0. The molecule has 2 aliphatic heterocycles. The van der Waals surface area contributed by atoms with Crippen molar-refractivity contribution in [1.29, 1.82) is 0 Å². The highest BCUT2D eigenvalue weighted by Gasteiger charge is 2.34. The van der Waals surface area contributed by atoms with E-state index in [4.69, 9.17) is 23.7 Å². The number of nitrogens with zero attached hydrogens (tertiary/aromatic N) is 2. The number of methoxy groups -OCH3 is 4. The smallest absolute Gasteiger partial charge is 0.204 e. The van der Waals surface area contributed by atoms with Crippen LogP contribution < -0.4 is 23.7 Å². The second-order valence-corrected chi connectivity index (χ2v) is 12.4. The van der Waals surface area contributed by atoms with Crippen LogP contribution in [0.5, 0.6) is 40.2 Å². The minimum Gasteiger partial charge on any atom is -0.504 e. The Morgan fingerprint density at radius 1 is 0.766 bits per heavy atom. The van der Waals surface area contributed by atoms with Gasteiger partial charge in [0.1, 0.15) is 0 Å². The van der Waals surface area contributed by atoms with Crippen LogP contribution in [0.3, 0.4) is 0 Å². The van der Waals surface area contributed by atoms with Crippen LogP contribution in [-0.2, 0) is 19.3 Å². The van der Waals surface area contributed by atoms with E-state index in [1.165, 1.54) is 16.7 Å². The van der Waals surface area contributed by atoms with Gasteiger partial charge in [-0.2, -0.15) is 0 Å². The molecule has 0 bridgehead atoms. The molecule has 0 spiro atoms. The molecule has 8 nitrogen and oxygen atoms in total. The van der Waals surface area contributed by atoms with Crippen molar-refractivity contribution in [2.75, 3.05) is 55.6 Å². The van der Waals surface area contributed by atoms with Crippen molar-refractivity contribution < 1.29 is 28.8 Å². The van der Waals surface area contributed by atoms with Gasteiger partial charge in [-0.3, -0.25) is 9.80 Å². The molecule has 246 valence electrons. The van der Waals surface area contributed by atoms with Gasteiger partial charge in [-0.25, -0.2) is 0 Å². The molecule has 0 radical (unpaired) electrons. The molecule has 0 saturated carbocycles. The molecular formula is C39H44N2O6. The lowest BCUT2D eigenvalue weighted by Gasteiger charge is -2.37. The Hall–Kier alpha value is -4.58. The number of ether oxygens (including phenoxy) is 5. The summed E-state index contributed by atoms with van der Waals surface area (Å²) in [6.07, 6.45) is 10.3. The van der Waals surface area contributed by atoms with Crippen molar-refractivity contribution >= 4 is 0 Å². The summed E-state index contributed by atoms with van der Waals surface area (Å²) in [4.78, 5) is 4.75. The average Bonchev–Trinajstić information content (AvgIpc) is 3.35. The fourth-order valence-corrected chi connectivity index (χ4v) is 7.06.